The summed E-state index contributed by atoms with van der Waals surface area (Å²) >= 11 is 1.40. The standard InChI is InChI=1S/C17H19FN2O3S2/c1-11(13-4-6-14(18)7-5-13)20-25(22,23)15-8-9-17(24-3)16(10-15)19-12(2)21/h4-11,20H,1-3H3,(H,19,21)/t11-/m0/s1. The fraction of sp³-hybridized carbons (Fsp3) is 0.235. The molecule has 0 bridgehead atoms. The maximum atomic E-state index is 13.0. The first-order chi connectivity index (χ1) is 11.7. The molecule has 0 aromatic heterocycles. The van der Waals surface area contributed by atoms with E-state index in [1.807, 2.05) is 6.26 Å². The second kappa shape index (κ2) is 7.99. The van der Waals surface area contributed by atoms with Crippen LogP contribution in [0.4, 0.5) is 10.1 Å². The van der Waals surface area contributed by atoms with Crippen molar-refractivity contribution < 1.29 is 17.6 Å². The number of benzene rings is 2. The van der Waals surface area contributed by atoms with Gasteiger partial charge in [0.25, 0.3) is 0 Å². The van der Waals surface area contributed by atoms with Gasteiger partial charge in [0.1, 0.15) is 5.82 Å². The molecule has 0 spiro atoms. The average molecular weight is 382 g/mol. The van der Waals surface area contributed by atoms with Gasteiger partial charge in [-0.2, -0.15) is 0 Å². The van der Waals surface area contributed by atoms with E-state index >= 15 is 0 Å². The van der Waals surface area contributed by atoms with E-state index in [-0.39, 0.29) is 16.6 Å². The predicted molar refractivity (Wildman–Crippen MR) is 97.7 cm³/mol. The van der Waals surface area contributed by atoms with Crippen LogP contribution in [-0.2, 0) is 14.8 Å². The van der Waals surface area contributed by atoms with Crippen LogP contribution in [-0.4, -0.2) is 20.6 Å². The molecule has 0 saturated heterocycles. The molecule has 0 aliphatic rings. The van der Waals surface area contributed by atoms with Crippen molar-refractivity contribution in [3.63, 3.8) is 0 Å². The number of carbonyl (C=O) groups is 1. The van der Waals surface area contributed by atoms with Crippen LogP contribution in [0.5, 0.6) is 0 Å². The van der Waals surface area contributed by atoms with Crippen LogP contribution in [0.25, 0.3) is 0 Å². The highest BCUT2D eigenvalue weighted by Crippen LogP contribution is 2.28. The summed E-state index contributed by atoms with van der Waals surface area (Å²) in [6.07, 6.45) is 1.84. The molecule has 1 amide bonds. The highest BCUT2D eigenvalue weighted by molar-refractivity contribution is 7.98. The molecule has 2 N–H and O–H groups in total. The maximum absolute atomic E-state index is 13.0. The Morgan fingerprint density at radius 2 is 1.80 bits per heavy atom. The van der Waals surface area contributed by atoms with E-state index in [1.54, 1.807) is 13.0 Å². The van der Waals surface area contributed by atoms with Gasteiger partial charge in [-0.1, -0.05) is 12.1 Å². The molecule has 5 nitrogen and oxygen atoms in total. The lowest BCUT2D eigenvalue weighted by molar-refractivity contribution is -0.114. The summed E-state index contributed by atoms with van der Waals surface area (Å²) in [6.45, 7) is 3.04. The van der Waals surface area contributed by atoms with Crippen molar-refractivity contribution in [1.82, 2.24) is 4.72 Å². The molecule has 2 aromatic carbocycles. The van der Waals surface area contributed by atoms with E-state index in [0.717, 1.165) is 4.90 Å². The Kier molecular flexibility index (Phi) is 6.21. The zero-order valence-corrected chi connectivity index (χ0v) is 15.7. The van der Waals surface area contributed by atoms with Crippen LogP contribution in [0.15, 0.2) is 52.3 Å². The molecule has 25 heavy (non-hydrogen) atoms. The first-order valence-corrected chi connectivity index (χ1v) is 10.2. The van der Waals surface area contributed by atoms with Gasteiger partial charge < -0.3 is 5.32 Å². The summed E-state index contributed by atoms with van der Waals surface area (Å²) in [7, 11) is -3.81. The zero-order chi connectivity index (χ0) is 18.6. The minimum atomic E-state index is -3.81. The lowest BCUT2D eigenvalue weighted by atomic mass is 10.1. The quantitative estimate of drug-likeness (QED) is 0.750. The minimum absolute atomic E-state index is 0.0445. The Labute approximate surface area is 151 Å². The molecule has 0 aliphatic carbocycles. The van der Waals surface area contributed by atoms with Crippen LogP contribution in [0.2, 0.25) is 0 Å². The normalized spacial score (nSPS) is 12.6. The Bertz CT molecular complexity index is 868. The van der Waals surface area contributed by atoms with Crippen LogP contribution < -0.4 is 10.0 Å². The Morgan fingerprint density at radius 1 is 1.16 bits per heavy atom. The van der Waals surface area contributed by atoms with Gasteiger partial charge in [-0.15, -0.1) is 11.8 Å². The largest absolute Gasteiger partial charge is 0.325 e. The fourth-order valence-corrected chi connectivity index (χ4v) is 4.05. The lowest BCUT2D eigenvalue weighted by Gasteiger charge is -2.16. The number of nitrogens with one attached hydrogen (secondary N) is 2. The van der Waals surface area contributed by atoms with Crippen LogP contribution >= 0.6 is 11.8 Å². The first kappa shape index (κ1) is 19.4. The number of carbonyl (C=O) groups excluding carboxylic acids is 1. The minimum Gasteiger partial charge on any atom is -0.325 e. The molecule has 0 aliphatic heterocycles. The molecule has 0 unspecified atom stereocenters. The van der Waals surface area contributed by atoms with Gasteiger partial charge in [0.15, 0.2) is 0 Å². The van der Waals surface area contributed by atoms with E-state index in [4.69, 9.17) is 0 Å². The van der Waals surface area contributed by atoms with Gasteiger partial charge in [-0.25, -0.2) is 17.5 Å². The second-order valence-corrected chi connectivity index (χ2v) is 8.00. The molecule has 2 aromatic rings. The van der Waals surface area contributed by atoms with Crippen LogP contribution in [0.3, 0.4) is 0 Å². The summed E-state index contributed by atoms with van der Waals surface area (Å²) in [5.41, 5.74) is 1.09. The second-order valence-electron chi connectivity index (χ2n) is 5.44. The van der Waals surface area contributed by atoms with E-state index in [2.05, 4.69) is 10.0 Å². The Morgan fingerprint density at radius 3 is 2.36 bits per heavy atom. The Hall–Kier alpha value is -1.90. The van der Waals surface area contributed by atoms with E-state index in [1.165, 1.54) is 55.1 Å². The van der Waals surface area contributed by atoms with Crippen molar-refractivity contribution in [2.24, 2.45) is 0 Å². The van der Waals surface area contributed by atoms with Gasteiger partial charge in [-0.05, 0) is 49.1 Å². The molecule has 0 radical (unpaired) electrons. The van der Waals surface area contributed by atoms with Crippen LogP contribution in [0, 0.1) is 5.82 Å². The van der Waals surface area contributed by atoms with Crippen molar-refractivity contribution in [2.45, 2.75) is 29.7 Å². The van der Waals surface area contributed by atoms with Crippen molar-refractivity contribution in [2.75, 3.05) is 11.6 Å². The smallest absolute Gasteiger partial charge is 0.241 e. The lowest BCUT2D eigenvalue weighted by Crippen LogP contribution is -2.27. The molecular weight excluding hydrogens is 363 g/mol. The molecule has 2 rings (SSSR count). The average Bonchev–Trinajstić information content (AvgIpc) is 2.54. The van der Waals surface area contributed by atoms with Gasteiger partial charge in [0.05, 0.1) is 10.6 Å². The number of thioether (sulfide) groups is 1. The number of halogens is 1. The van der Waals surface area contributed by atoms with Crippen molar-refractivity contribution >= 4 is 33.4 Å². The summed E-state index contributed by atoms with van der Waals surface area (Å²) in [5, 5.41) is 2.63. The number of anilines is 1. The van der Waals surface area contributed by atoms with Gasteiger partial charge in [-0.3, -0.25) is 4.79 Å². The monoisotopic (exact) mass is 382 g/mol. The summed E-state index contributed by atoms with van der Waals surface area (Å²) in [4.78, 5) is 12.1. The summed E-state index contributed by atoms with van der Waals surface area (Å²) in [5.74, 6) is -0.663. The molecule has 134 valence electrons. The van der Waals surface area contributed by atoms with Gasteiger partial charge >= 0.3 is 0 Å². The highest BCUT2D eigenvalue weighted by atomic mass is 32.2. The fourth-order valence-electron chi connectivity index (χ4n) is 2.26. The summed E-state index contributed by atoms with van der Waals surface area (Å²) < 4.78 is 40.8. The number of sulfonamides is 1. The van der Waals surface area contributed by atoms with E-state index in [0.29, 0.717) is 11.3 Å². The van der Waals surface area contributed by atoms with Gasteiger partial charge in [0.2, 0.25) is 15.9 Å². The van der Waals surface area contributed by atoms with E-state index in [9.17, 15) is 17.6 Å². The third-order valence-corrected chi connectivity index (χ3v) is 5.83. The summed E-state index contributed by atoms with van der Waals surface area (Å²) in [6, 6.07) is 9.64. The maximum Gasteiger partial charge on any atom is 0.241 e. The van der Waals surface area contributed by atoms with Crippen LogP contribution in [0.1, 0.15) is 25.5 Å². The van der Waals surface area contributed by atoms with Crippen molar-refractivity contribution in [1.29, 1.82) is 0 Å². The first-order valence-electron chi connectivity index (χ1n) is 7.46. The third-order valence-electron chi connectivity index (χ3n) is 3.49. The van der Waals surface area contributed by atoms with Crippen molar-refractivity contribution in [3.05, 3.63) is 53.8 Å². The molecule has 0 saturated carbocycles. The molecule has 1 atom stereocenters. The number of hydrogen-bond donors (Lipinski definition) is 2. The van der Waals surface area contributed by atoms with Crippen molar-refractivity contribution in [3.8, 4) is 0 Å². The predicted octanol–water partition coefficient (Wildman–Crippen LogP) is 3.55. The third kappa shape index (κ3) is 5.04. The zero-order valence-electron chi connectivity index (χ0n) is 14.0. The molecular formula is C17H19FN2O3S2. The topological polar surface area (TPSA) is 75.3 Å². The number of amides is 1. The molecule has 8 heteroatoms. The molecule has 0 fully saturated rings. The Balaban J connectivity index is 2.29. The number of rotatable bonds is 6. The molecule has 0 heterocycles. The highest BCUT2D eigenvalue weighted by Gasteiger charge is 2.20. The van der Waals surface area contributed by atoms with Gasteiger partial charge in [0, 0.05) is 17.9 Å². The SMILES string of the molecule is CSc1ccc(S(=O)(=O)N[C@@H](C)c2ccc(F)cc2)cc1NC(C)=O. The van der Waals surface area contributed by atoms with E-state index < -0.39 is 16.1 Å². The number of hydrogen-bond acceptors (Lipinski definition) is 4.